The van der Waals surface area contributed by atoms with Crippen LogP contribution in [0.15, 0.2) is 42.7 Å². The van der Waals surface area contributed by atoms with Gasteiger partial charge in [-0.1, -0.05) is 17.7 Å². The molecule has 0 saturated carbocycles. The number of nitrogens with zero attached hydrogens (tertiary/aromatic N) is 2. The smallest absolute Gasteiger partial charge is 0.229 e. The van der Waals surface area contributed by atoms with Gasteiger partial charge in [-0.3, -0.25) is 9.71 Å². The molecule has 0 atom stereocenters. The molecule has 0 aliphatic rings. The zero-order chi connectivity index (χ0) is 17.3. The fraction of sp³-hybridized carbons (Fsp3) is 0.125. The van der Waals surface area contributed by atoms with Crippen molar-refractivity contribution in [3.8, 4) is 16.9 Å². The van der Waals surface area contributed by atoms with E-state index in [1.54, 1.807) is 25.6 Å². The number of sulfonamides is 1. The van der Waals surface area contributed by atoms with E-state index >= 15 is 0 Å². The highest BCUT2D eigenvalue weighted by Crippen LogP contribution is 2.29. The molecule has 0 fully saturated rings. The van der Waals surface area contributed by atoms with Gasteiger partial charge in [0.25, 0.3) is 0 Å². The third kappa shape index (κ3) is 3.58. The van der Waals surface area contributed by atoms with Crippen molar-refractivity contribution in [1.29, 1.82) is 0 Å². The summed E-state index contributed by atoms with van der Waals surface area (Å²) in [5.74, 6) is 0.660. The van der Waals surface area contributed by atoms with Gasteiger partial charge in [-0.25, -0.2) is 13.4 Å². The predicted molar refractivity (Wildman–Crippen MR) is 95.0 cm³/mol. The SMILES string of the molecule is COc1cnc2ccc(-c3cnc(Cl)c(NS(C)(=O)=O)c3)cc2c1. The molecule has 2 aromatic heterocycles. The minimum absolute atomic E-state index is 0.0910. The lowest BCUT2D eigenvalue weighted by Gasteiger charge is -2.09. The molecule has 6 nitrogen and oxygen atoms in total. The normalized spacial score (nSPS) is 11.5. The molecule has 0 aliphatic carbocycles. The zero-order valence-corrected chi connectivity index (χ0v) is 14.5. The summed E-state index contributed by atoms with van der Waals surface area (Å²) in [5.41, 5.74) is 2.66. The average Bonchev–Trinajstić information content (AvgIpc) is 2.54. The first-order valence-corrected chi connectivity index (χ1v) is 9.20. The van der Waals surface area contributed by atoms with Crippen LogP contribution in [-0.4, -0.2) is 31.8 Å². The van der Waals surface area contributed by atoms with Crippen molar-refractivity contribution in [3.05, 3.63) is 47.9 Å². The van der Waals surface area contributed by atoms with Crippen LogP contribution < -0.4 is 9.46 Å². The van der Waals surface area contributed by atoms with Crippen molar-refractivity contribution in [1.82, 2.24) is 9.97 Å². The molecule has 3 rings (SSSR count). The lowest BCUT2D eigenvalue weighted by Crippen LogP contribution is -2.10. The Balaban J connectivity index is 2.08. The molecule has 2 heterocycles. The summed E-state index contributed by atoms with van der Waals surface area (Å²) < 4.78 is 30.4. The van der Waals surface area contributed by atoms with Crippen LogP contribution in [-0.2, 0) is 10.0 Å². The molecule has 24 heavy (non-hydrogen) atoms. The van der Waals surface area contributed by atoms with Crippen LogP contribution in [0.1, 0.15) is 0 Å². The predicted octanol–water partition coefficient (Wildman–Crippen LogP) is 3.33. The number of halogens is 1. The number of benzene rings is 1. The van der Waals surface area contributed by atoms with Crippen molar-refractivity contribution < 1.29 is 13.2 Å². The highest BCUT2D eigenvalue weighted by atomic mass is 35.5. The van der Waals surface area contributed by atoms with Gasteiger partial charge in [-0.15, -0.1) is 0 Å². The van der Waals surface area contributed by atoms with Crippen LogP contribution in [0.25, 0.3) is 22.0 Å². The number of rotatable bonds is 4. The van der Waals surface area contributed by atoms with Crippen LogP contribution >= 0.6 is 11.6 Å². The molecule has 0 spiro atoms. The number of pyridine rings is 2. The molecule has 1 aromatic carbocycles. The van der Waals surface area contributed by atoms with Crippen molar-refractivity contribution in [2.45, 2.75) is 0 Å². The Hall–Kier alpha value is -2.38. The summed E-state index contributed by atoms with van der Waals surface area (Å²) in [6, 6.07) is 9.22. The number of nitrogens with one attached hydrogen (secondary N) is 1. The number of hydrogen-bond acceptors (Lipinski definition) is 5. The van der Waals surface area contributed by atoms with Crippen molar-refractivity contribution in [3.63, 3.8) is 0 Å². The number of fused-ring (bicyclic) bond motifs is 1. The fourth-order valence-corrected chi connectivity index (χ4v) is 3.04. The lowest BCUT2D eigenvalue weighted by atomic mass is 10.0. The van der Waals surface area contributed by atoms with Crippen LogP contribution in [0.4, 0.5) is 5.69 Å². The first-order valence-electron chi connectivity index (χ1n) is 6.93. The Labute approximate surface area is 144 Å². The minimum atomic E-state index is -3.44. The fourth-order valence-electron chi connectivity index (χ4n) is 2.28. The summed E-state index contributed by atoms with van der Waals surface area (Å²) in [5, 5.41) is 0.993. The Kier molecular flexibility index (Phi) is 4.29. The number of ether oxygens (including phenoxy) is 1. The van der Waals surface area contributed by atoms with E-state index in [1.807, 2.05) is 24.3 Å². The molecule has 0 unspecified atom stereocenters. The largest absolute Gasteiger partial charge is 0.495 e. The number of aromatic nitrogens is 2. The summed E-state index contributed by atoms with van der Waals surface area (Å²) in [7, 11) is -1.86. The van der Waals surface area contributed by atoms with Crippen LogP contribution in [0, 0.1) is 0 Å². The minimum Gasteiger partial charge on any atom is -0.495 e. The highest BCUT2D eigenvalue weighted by molar-refractivity contribution is 7.92. The average molecular weight is 364 g/mol. The molecule has 8 heteroatoms. The van der Waals surface area contributed by atoms with Gasteiger partial charge in [0.1, 0.15) is 5.75 Å². The molecule has 0 saturated heterocycles. The zero-order valence-electron chi connectivity index (χ0n) is 12.9. The molecule has 124 valence electrons. The standard InChI is InChI=1S/C16H14ClN3O3S/c1-23-13-6-11-5-10(3-4-14(11)18-9-13)12-7-15(16(17)19-8-12)20-24(2,21)22/h3-9,20H,1-2H3. The first-order chi connectivity index (χ1) is 11.4. The maximum atomic E-state index is 11.4. The number of anilines is 1. The van der Waals surface area contributed by atoms with E-state index < -0.39 is 10.0 Å². The summed E-state index contributed by atoms with van der Waals surface area (Å²) in [4.78, 5) is 8.37. The van der Waals surface area contributed by atoms with Gasteiger partial charge in [-0.05, 0) is 29.8 Å². The van der Waals surface area contributed by atoms with Gasteiger partial charge in [-0.2, -0.15) is 0 Å². The van der Waals surface area contributed by atoms with Crippen LogP contribution in [0.2, 0.25) is 5.15 Å². The van der Waals surface area contributed by atoms with Gasteiger partial charge in [0.15, 0.2) is 5.15 Å². The second-order valence-electron chi connectivity index (χ2n) is 5.22. The second-order valence-corrected chi connectivity index (χ2v) is 7.33. The van der Waals surface area contributed by atoms with E-state index in [9.17, 15) is 8.42 Å². The van der Waals surface area contributed by atoms with Gasteiger partial charge >= 0.3 is 0 Å². The molecular weight excluding hydrogens is 350 g/mol. The molecule has 1 N–H and O–H groups in total. The second kappa shape index (κ2) is 6.26. The lowest BCUT2D eigenvalue weighted by molar-refractivity contribution is 0.414. The third-order valence-electron chi connectivity index (χ3n) is 3.36. The summed E-state index contributed by atoms with van der Waals surface area (Å²) in [6.07, 6.45) is 4.30. The van der Waals surface area contributed by atoms with Crippen LogP contribution in [0.3, 0.4) is 0 Å². The van der Waals surface area contributed by atoms with E-state index in [0.717, 1.165) is 28.3 Å². The Morgan fingerprint density at radius 1 is 1.08 bits per heavy atom. The quantitative estimate of drug-likeness (QED) is 0.719. The molecule has 0 amide bonds. The molecule has 0 radical (unpaired) electrons. The highest BCUT2D eigenvalue weighted by Gasteiger charge is 2.10. The van der Waals surface area contributed by atoms with E-state index in [2.05, 4.69) is 14.7 Å². The van der Waals surface area contributed by atoms with Gasteiger partial charge in [0, 0.05) is 17.1 Å². The number of hydrogen-bond donors (Lipinski definition) is 1. The van der Waals surface area contributed by atoms with E-state index in [4.69, 9.17) is 16.3 Å². The van der Waals surface area contributed by atoms with E-state index in [-0.39, 0.29) is 10.8 Å². The van der Waals surface area contributed by atoms with Gasteiger partial charge in [0.05, 0.1) is 30.8 Å². The van der Waals surface area contributed by atoms with Gasteiger partial charge < -0.3 is 4.74 Å². The van der Waals surface area contributed by atoms with Crippen molar-refractivity contribution in [2.24, 2.45) is 0 Å². The first kappa shape index (κ1) is 16.5. The summed E-state index contributed by atoms with van der Waals surface area (Å²) in [6.45, 7) is 0. The monoisotopic (exact) mass is 363 g/mol. The summed E-state index contributed by atoms with van der Waals surface area (Å²) >= 11 is 5.96. The Morgan fingerprint density at radius 2 is 1.88 bits per heavy atom. The molecular formula is C16H14ClN3O3S. The van der Waals surface area contributed by atoms with Crippen molar-refractivity contribution in [2.75, 3.05) is 18.1 Å². The van der Waals surface area contributed by atoms with E-state index in [1.165, 1.54) is 0 Å². The number of methoxy groups -OCH3 is 1. The maximum absolute atomic E-state index is 11.4. The molecule has 0 bridgehead atoms. The van der Waals surface area contributed by atoms with E-state index in [0.29, 0.717) is 5.75 Å². The third-order valence-corrected chi connectivity index (χ3v) is 4.25. The Morgan fingerprint density at radius 3 is 2.58 bits per heavy atom. The van der Waals surface area contributed by atoms with Crippen LogP contribution in [0.5, 0.6) is 5.75 Å². The topological polar surface area (TPSA) is 81.2 Å². The molecule has 0 aliphatic heterocycles. The maximum Gasteiger partial charge on any atom is 0.229 e. The molecule has 3 aromatic rings. The Bertz CT molecular complexity index is 1020. The van der Waals surface area contributed by atoms with Gasteiger partial charge in [0.2, 0.25) is 10.0 Å². The van der Waals surface area contributed by atoms with Crippen molar-refractivity contribution >= 4 is 38.2 Å².